The molecule has 0 aliphatic carbocycles. The quantitative estimate of drug-likeness (QED) is 0.647. The fourth-order valence-corrected chi connectivity index (χ4v) is 3.29. The van der Waals surface area contributed by atoms with Crippen LogP contribution in [0.15, 0.2) is 60.9 Å². The van der Waals surface area contributed by atoms with Crippen molar-refractivity contribution in [2.75, 3.05) is 0 Å². The van der Waals surface area contributed by atoms with E-state index in [1.807, 2.05) is 19.9 Å². The van der Waals surface area contributed by atoms with E-state index < -0.39 is 5.54 Å². The highest BCUT2D eigenvalue weighted by molar-refractivity contribution is 5.97. The number of nitrogens with one attached hydrogen (secondary N) is 2. The minimum Gasteiger partial charge on any atom is -0.346 e. The molecule has 0 radical (unpaired) electrons. The molecule has 2 heterocycles. The van der Waals surface area contributed by atoms with Crippen LogP contribution in [0.25, 0.3) is 11.0 Å². The summed E-state index contributed by atoms with van der Waals surface area (Å²) in [4.78, 5) is 20.1. The van der Waals surface area contributed by atoms with Gasteiger partial charge in [-0.05, 0) is 50.5 Å². The molecule has 1 atom stereocenters. The van der Waals surface area contributed by atoms with Crippen molar-refractivity contribution in [3.05, 3.63) is 77.9 Å². The molecule has 0 fully saturated rings. The van der Waals surface area contributed by atoms with E-state index in [2.05, 4.69) is 21.9 Å². The van der Waals surface area contributed by atoms with Crippen molar-refractivity contribution >= 4 is 16.9 Å². The number of carbonyl (C=O) groups is 1. The average molecular weight is 351 g/mol. The van der Waals surface area contributed by atoms with Gasteiger partial charge in [-0.3, -0.25) is 4.79 Å². The maximum absolute atomic E-state index is 14.1. The van der Waals surface area contributed by atoms with E-state index in [1.165, 1.54) is 6.07 Å². The number of aromatic nitrogens is 2. The number of hydrogen-bond acceptors (Lipinski definition) is 2. The van der Waals surface area contributed by atoms with Gasteiger partial charge in [-0.25, -0.2) is 9.37 Å². The number of pyridine rings is 1. The van der Waals surface area contributed by atoms with E-state index in [4.69, 9.17) is 0 Å². The first-order valence-corrected chi connectivity index (χ1v) is 8.50. The topological polar surface area (TPSA) is 57.8 Å². The van der Waals surface area contributed by atoms with Gasteiger partial charge in [0.05, 0.1) is 5.56 Å². The molecule has 1 aromatic carbocycles. The molecule has 0 aliphatic rings. The first kappa shape index (κ1) is 17.9. The summed E-state index contributed by atoms with van der Waals surface area (Å²) in [6.07, 6.45) is 4.24. The van der Waals surface area contributed by atoms with Gasteiger partial charge in [-0.1, -0.05) is 23.8 Å². The third-order valence-electron chi connectivity index (χ3n) is 4.31. The number of H-pyrrole nitrogens is 1. The van der Waals surface area contributed by atoms with Crippen molar-refractivity contribution in [2.45, 2.75) is 32.2 Å². The van der Waals surface area contributed by atoms with Crippen molar-refractivity contribution in [1.29, 1.82) is 0 Å². The summed E-state index contributed by atoms with van der Waals surface area (Å²) in [7, 11) is 0. The summed E-state index contributed by atoms with van der Waals surface area (Å²) in [6, 6.07) is 10.3. The largest absolute Gasteiger partial charge is 0.346 e. The van der Waals surface area contributed by atoms with Gasteiger partial charge in [0.25, 0.3) is 5.91 Å². The van der Waals surface area contributed by atoms with Gasteiger partial charge < -0.3 is 10.3 Å². The summed E-state index contributed by atoms with van der Waals surface area (Å²) < 4.78 is 14.1. The van der Waals surface area contributed by atoms with Crippen molar-refractivity contribution in [1.82, 2.24) is 15.3 Å². The van der Waals surface area contributed by atoms with E-state index >= 15 is 0 Å². The van der Waals surface area contributed by atoms with Gasteiger partial charge in [0.2, 0.25) is 0 Å². The lowest BCUT2D eigenvalue weighted by molar-refractivity contribution is 0.0904. The standard InChI is InChI=1S/C21H22FN3O/c1-14(2)11-21(3,12-16-6-4-5-7-18(16)22)25-20(26)17-10-15-8-9-23-19(15)24-13-17/h4-10,13H,1,11-12H2,2-3H3,(H,23,24)(H,25,26). The molecule has 2 N–H and O–H groups in total. The first-order chi connectivity index (χ1) is 12.4. The molecule has 0 saturated heterocycles. The lowest BCUT2D eigenvalue weighted by atomic mass is 9.86. The number of carbonyl (C=O) groups excluding carboxylic acids is 1. The van der Waals surface area contributed by atoms with Crippen LogP contribution in [0.4, 0.5) is 4.39 Å². The van der Waals surface area contributed by atoms with E-state index in [9.17, 15) is 9.18 Å². The van der Waals surface area contributed by atoms with Gasteiger partial charge in [-0.2, -0.15) is 0 Å². The minimum absolute atomic E-state index is 0.235. The molecule has 0 spiro atoms. The zero-order valence-corrected chi connectivity index (χ0v) is 15.0. The van der Waals surface area contributed by atoms with E-state index in [0.29, 0.717) is 24.0 Å². The van der Waals surface area contributed by atoms with Crippen LogP contribution in [-0.2, 0) is 6.42 Å². The van der Waals surface area contributed by atoms with Crippen molar-refractivity contribution in [3.63, 3.8) is 0 Å². The number of rotatable bonds is 6. The number of amides is 1. The van der Waals surface area contributed by atoms with E-state index in [0.717, 1.165) is 16.6 Å². The third kappa shape index (κ3) is 3.99. The number of aromatic amines is 1. The van der Waals surface area contributed by atoms with Crippen LogP contribution < -0.4 is 5.32 Å². The molecular formula is C21H22FN3O. The second kappa shape index (κ2) is 7.12. The average Bonchev–Trinajstić information content (AvgIpc) is 3.03. The molecule has 0 bridgehead atoms. The maximum atomic E-state index is 14.1. The summed E-state index contributed by atoms with van der Waals surface area (Å²) in [5.41, 5.74) is 2.04. The summed E-state index contributed by atoms with van der Waals surface area (Å²) >= 11 is 0. The zero-order valence-electron chi connectivity index (χ0n) is 15.0. The Bertz CT molecular complexity index is 963. The van der Waals surface area contributed by atoms with Crippen molar-refractivity contribution in [3.8, 4) is 0 Å². The Hall–Kier alpha value is -2.95. The summed E-state index contributed by atoms with van der Waals surface area (Å²) in [5, 5.41) is 3.93. The zero-order chi connectivity index (χ0) is 18.7. The fourth-order valence-electron chi connectivity index (χ4n) is 3.29. The Balaban J connectivity index is 1.85. The molecule has 1 unspecified atom stereocenters. The summed E-state index contributed by atoms with van der Waals surface area (Å²) in [5.74, 6) is -0.509. The van der Waals surface area contributed by atoms with Crippen LogP contribution >= 0.6 is 0 Å². The highest BCUT2D eigenvalue weighted by Gasteiger charge is 2.28. The predicted molar refractivity (Wildman–Crippen MR) is 101 cm³/mol. The first-order valence-electron chi connectivity index (χ1n) is 8.50. The van der Waals surface area contributed by atoms with E-state index in [1.54, 1.807) is 36.7 Å². The van der Waals surface area contributed by atoms with Crippen LogP contribution in [0, 0.1) is 5.82 Å². The molecule has 3 aromatic rings. The van der Waals surface area contributed by atoms with Crippen molar-refractivity contribution in [2.24, 2.45) is 0 Å². The Labute approximate surface area is 152 Å². The summed E-state index contributed by atoms with van der Waals surface area (Å²) in [6.45, 7) is 7.77. The van der Waals surface area contributed by atoms with Crippen LogP contribution in [0.2, 0.25) is 0 Å². The van der Waals surface area contributed by atoms with E-state index in [-0.39, 0.29) is 11.7 Å². The van der Waals surface area contributed by atoms with Crippen LogP contribution in [0.3, 0.4) is 0 Å². The number of nitrogens with zero attached hydrogens (tertiary/aromatic N) is 1. The Morgan fingerprint density at radius 1 is 1.35 bits per heavy atom. The molecule has 26 heavy (non-hydrogen) atoms. The Morgan fingerprint density at radius 2 is 2.12 bits per heavy atom. The highest BCUT2D eigenvalue weighted by atomic mass is 19.1. The lowest BCUT2D eigenvalue weighted by Crippen LogP contribution is -2.48. The maximum Gasteiger partial charge on any atom is 0.253 e. The van der Waals surface area contributed by atoms with Gasteiger partial charge in [0.1, 0.15) is 11.5 Å². The molecule has 5 heteroatoms. The SMILES string of the molecule is C=C(C)CC(C)(Cc1ccccc1F)NC(=O)c1cnc2[nH]ccc2c1. The van der Waals surface area contributed by atoms with Crippen LogP contribution in [0.5, 0.6) is 0 Å². The third-order valence-corrected chi connectivity index (χ3v) is 4.31. The molecule has 1 amide bonds. The van der Waals surface area contributed by atoms with Gasteiger partial charge in [0, 0.05) is 23.3 Å². The molecule has 0 aliphatic heterocycles. The molecule has 134 valence electrons. The second-order valence-electron chi connectivity index (χ2n) is 7.06. The Kier molecular flexibility index (Phi) is 4.89. The molecular weight excluding hydrogens is 329 g/mol. The molecule has 4 nitrogen and oxygen atoms in total. The number of benzene rings is 1. The van der Waals surface area contributed by atoms with Crippen LogP contribution in [0.1, 0.15) is 36.2 Å². The van der Waals surface area contributed by atoms with Gasteiger partial charge in [-0.15, -0.1) is 6.58 Å². The Morgan fingerprint density at radius 3 is 2.85 bits per heavy atom. The van der Waals surface area contributed by atoms with Gasteiger partial charge in [0.15, 0.2) is 0 Å². The normalized spacial score (nSPS) is 13.3. The molecule has 0 saturated carbocycles. The van der Waals surface area contributed by atoms with Crippen molar-refractivity contribution < 1.29 is 9.18 Å². The van der Waals surface area contributed by atoms with Gasteiger partial charge >= 0.3 is 0 Å². The number of hydrogen-bond donors (Lipinski definition) is 2. The lowest BCUT2D eigenvalue weighted by Gasteiger charge is -2.31. The highest BCUT2D eigenvalue weighted by Crippen LogP contribution is 2.23. The molecule has 2 aromatic heterocycles. The number of halogens is 1. The minimum atomic E-state index is -0.655. The van der Waals surface area contributed by atoms with Crippen LogP contribution in [-0.4, -0.2) is 21.4 Å². The second-order valence-corrected chi connectivity index (χ2v) is 7.06. The smallest absolute Gasteiger partial charge is 0.253 e. The number of fused-ring (bicyclic) bond motifs is 1. The predicted octanol–water partition coefficient (Wildman–Crippen LogP) is 4.40. The fraction of sp³-hybridized carbons (Fsp3) is 0.238. The monoisotopic (exact) mass is 351 g/mol. The molecule has 3 rings (SSSR count).